The molecule has 1 amide bonds. The number of benzene rings is 3. The first-order valence-electron chi connectivity index (χ1n) is 9.73. The Kier molecular flexibility index (Phi) is 5.75. The van der Waals surface area contributed by atoms with Crippen LogP contribution in [0.2, 0.25) is 0 Å². The third-order valence-electron chi connectivity index (χ3n) is 4.88. The number of amides is 1. The zero-order valence-corrected chi connectivity index (χ0v) is 17.4. The number of nitrogens with one attached hydrogen (secondary N) is 1. The summed E-state index contributed by atoms with van der Waals surface area (Å²) >= 11 is 0. The van der Waals surface area contributed by atoms with Crippen LogP contribution in [0, 0.1) is 0 Å². The molecule has 0 bridgehead atoms. The highest BCUT2D eigenvalue weighted by Gasteiger charge is 2.18. The van der Waals surface area contributed by atoms with Crippen LogP contribution in [0.3, 0.4) is 0 Å². The van der Waals surface area contributed by atoms with Crippen LogP contribution in [0.5, 0.6) is 11.5 Å². The maximum absolute atomic E-state index is 12.6. The molecule has 0 fully saturated rings. The first-order chi connectivity index (χ1) is 15.1. The first kappa shape index (κ1) is 20.3. The van der Waals surface area contributed by atoms with E-state index in [1.165, 1.54) is 6.21 Å². The second-order valence-electron chi connectivity index (χ2n) is 6.86. The van der Waals surface area contributed by atoms with Gasteiger partial charge in [0.05, 0.1) is 26.1 Å². The van der Waals surface area contributed by atoms with Crippen molar-refractivity contribution < 1.29 is 23.5 Å². The molecule has 1 atom stereocenters. The van der Waals surface area contributed by atoms with Gasteiger partial charge in [0, 0.05) is 22.4 Å². The molecule has 1 heterocycles. The lowest BCUT2D eigenvalue weighted by Gasteiger charge is -2.13. The zero-order chi connectivity index (χ0) is 21.8. The van der Waals surface area contributed by atoms with Crippen molar-refractivity contribution >= 4 is 39.7 Å². The Balaban J connectivity index is 1.50. The fourth-order valence-electron chi connectivity index (χ4n) is 3.25. The Hall–Kier alpha value is -4.00. The molecule has 0 saturated carbocycles. The highest BCUT2D eigenvalue weighted by atomic mass is 16.6. The highest BCUT2D eigenvalue weighted by Crippen LogP contribution is 2.36. The number of para-hydroxylation sites is 2. The van der Waals surface area contributed by atoms with Crippen LogP contribution in [0.4, 0.5) is 5.69 Å². The van der Waals surface area contributed by atoms with Gasteiger partial charge in [-0.2, -0.15) is 0 Å². The van der Waals surface area contributed by atoms with Crippen molar-refractivity contribution in [2.75, 3.05) is 19.5 Å². The molecule has 0 aliphatic rings. The fraction of sp³-hybridized carbons (Fsp3) is 0.167. The number of ether oxygens (including phenoxy) is 2. The average Bonchev–Trinajstić information content (AvgIpc) is 3.16. The summed E-state index contributed by atoms with van der Waals surface area (Å²) in [5.74, 6) is 0.818. The van der Waals surface area contributed by atoms with Crippen LogP contribution in [0.25, 0.3) is 21.9 Å². The second-order valence-corrected chi connectivity index (χ2v) is 6.86. The highest BCUT2D eigenvalue weighted by molar-refractivity contribution is 6.08. The number of nitrogens with zero attached hydrogens (tertiary/aromatic N) is 1. The number of hydrogen-bond donors (Lipinski definition) is 1. The summed E-state index contributed by atoms with van der Waals surface area (Å²) in [5, 5.41) is 8.64. The Morgan fingerprint density at radius 3 is 2.52 bits per heavy atom. The minimum absolute atomic E-state index is 0.370. The topological polar surface area (TPSA) is 82.3 Å². The monoisotopic (exact) mass is 418 g/mol. The fourth-order valence-corrected chi connectivity index (χ4v) is 3.25. The standard InChI is InChI=1S/C24H22N2O5/c1-15(31-25-14-16-8-4-6-10-20(16)28-2)24(27)26-19-13-22-18(12-23(19)29-3)17-9-5-7-11-21(17)30-22/h4-15H,1-3H3,(H,26,27)/b25-14-/t15-/m0/s1. The largest absolute Gasteiger partial charge is 0.496 e. The molecule has 4 aromatic rings. The normalized spacial score (nSPS) is 12.2. The lowest BCUT2D eigenvalue weighted by atomic mass is 10.1. The van der Waals surface area contributed by atoms with Crippen molar-refractivity contribution in [3.05, 3.63) is 66.2 Å². The summed E-state index contributed by atoms with van der Waals surface area (Å²) in [5.41, 5.74) is 2.66. The molecule has 7 heteroatoms. The van der Waals surface area contributed by atoms with Crippen LogP contribution < -0.4 is 14.8 Å². The van der Waals surface area contributed by atoms with Crippen LogP contribution >= 0.6 is 0 Å². The van der Waals surface area contributed by atoms with E-state index in [1.54, 1.807) is 27.2 Å². The molecule has 4 rings (SSSR count). The number of oxime groups is 1. The molecule has 1 aromatic heterocycles. The summed E-state index contributed by atoms with van der Waals surface area (Å²) in [6.45, 7) is 1.61. The van der Waals surface area contributed by atoms with E-state index in [-0.39, 0.29) is 5.91 Å². The summed E-state index contributed by atoms with van der Waals surface area (Å²) in [7, 11) is 3.13. The van der Waals surface area contributed by atoms with E-state index in [4.69, 9.17) is 18.7 Å². The van der Waals surface area contributed by atoms with Crippen LogP contribution in [0.15, 0.2) is 70.2 Å². The van der Waals surface area contributed by atoms with E-state index < -0.39 is 6.10 Å². The lowest BCUT2D eigenvalue weighted by molar-refractivity contribution is -0.126. The Morgan fingerprint density at radius 1 is 0.968 bits per heavy atom. The van der Waals surface area contributed by atoms with Gasteiger partial charge in [-0.3, -0.25) is 4.79 Å². The van der Waals surface area contributed by atoms with E-state index in [2.05, 4.69) is 10.5 Å². The zero-order valence-electron chi connectivity index (χ0n) is 17.4. The maximum Gasteiger partial charge on any atom is 0.268 e. The van der Waals surface area contributed by atoms with Crippen molar-refractivity contribution in [2.24, 2.45) is 5.16 Å². The second kappa shape index (κ2) is 8.79. The van der Waals surface area contributed by atoms with Crippen LogP contribution in [0.1, 0.15) is 12.5 Å². The number of carbonyl (C=O) groups is 1. The van der Waals surface area contributed by atoms with Gasteiger partial charge in [-0.25, -0.2) is 0 Å². The number of fused-ring (bicyclic) bond motifs is 3. The van der Waals surface area contributed by atoms with Crippen molar-refractivity contribution in [2.45, 2.75) is 13.0 Å². The number of hydrogen-bond acceptors (Lipinski definition) is 6. The van der Waals surface area contributed by atoms with Crippen LogP contribution in [-0.2, 0) is 9.63 Å². The van der Waals surface area contributed by atoms with Crippen LogP contribution in [-0.4, -0.2) is 32.4 Å². The first-order valence-corrected chi connectivity index (χ1v) is 9.73. The van der Waals surface area contributed by atoms with Gasteiger partial charge >= 0.3 is 0 Å². The van der Waals surface area contributed by atoms with Gasteiger partial charge in [-0.15, -0.1) is 0 Å². The van der Waals surface area contributed by atoms with Gasteiger partial charge in [0.2, 0.25) is 6.10 Å². The molecule has 7 nitrogen and oxygen atoms in total. The van der Waals surface area contributed by atoms with E-state index in [0.29, 0.717) is 22.8 Å². The third kappa shape index (κ3) is 4.16. The van der Waals surface area contributed by atoms with E-state index in [9.17, 15) is 4.79 Å². The van der Waals surface area contributed by atoms with E-state index in [0.717, 1.165) is 21.9 Å². The molecule has 3 aromatic carbocycles. The van der Waals surface area contributed by atoms with Gasteiger partial charge < -0.3 is 24.0 Å². The van der Waals surface area contributed by atoms with Gasteiger partial charge in [-0.1, -0.05) is 35.5 Å². The molecular formula is C24H22N2O5. The minimum Gasteiger partial charge on any atom is -0.496 e. The summed E-state index contributed by atoms with van der Waals surface area (Å²) in [4.78, 5) is 18.0. The summed E-state index contributed by atoms with van der Waals surface area (Å²) in [6.07, 6.45) is 0.672. The predicted molar refractivity (Wildman–Crippen MR) is 120 cm³/mol. The molecule has 31 heavy (non-hydrogen) atoms. The molecule has 1 N–H and O–H groups in total. The summed E-state index contributed by atoms with van der Waals surface area (Å²) < 4.78 is 16.6. The number of anilines is 1. The number of carbonyl (C=O) groups excluding carboxylic acids is 1. The molecule has 158 valence electrons. The maximum atomic E-state index is 12.6. The van der Waals surface area contributed by atoms with Gasteiger partial charge in [0.25, 0.3) is 5.91 Å². The van der Waals surface area contributed by atoms with Gasteiger partial charge in [0.1, 0.15) is 22.7 Å². The smallest absolute Gasteiger partial charge is 0.268 e. The van der Waals surface area contributed by atoms with Crippen molar-refractivity contribution in [1.29, 1.82) is 0 Å². The van der Waals surface area contributed by atoms with Crippen molar-refractivity contribution in [1.82, 2.24) is 0 Å². The van der Waals surface area contributed by atoms with Crippen molar-refractivity contribution in [3.8, 4) is 11.5 Å². The summed E-state index contributed by atoms with van der Waals surface area (Å²) in [6, 6.07) is 18.7. The Bertz CT molecular complexity index is 1260. The SMILES string of the molecule is COc1ccccc1/C=N\O[C@@H](C)C(=O)Nc1cc2oc3ccccc3c2cc1OC. The number of methoxy groups -OCH3 is 2. The average molecular weight is 418 g/mol. The number of furan rings is 1. The molecule has 0 radical (unpaired) electrons. The molecule has 0 unspecified atom stereocenters. The van der Waals surface area contributed by atoms with Gasteiger partial charge in [0.15, 0.2) is 0 Å². The quantitative estimate of drug-likeness (QED) is 0.338. The molecular weight excluding hydrogens is 396 g/mol. The van der Waals surface area contributed by atoms with Gasteiger partial charge in [-0.05, 0) is 31.2 Å². The molecule has 0 aliphatic carbocycles. The Labute approximate surface area is 179 Å². The molecule has 0 aliphatic heterocycles. The Morgan fingerprint density at radius 2 is 1.71 bits per heavy atom. The number of rotatable bonds is 7. The lowest BCUT2D eigenvalue weighted by Crippen LogP contribution is -2.26. The van der Waals surface area contributed by atoms with E-state index in [1.807, 2.05) is 54.6 Å². The molecule has 0 saturated heterocycles. The van der Waals surface area contributed by atoms with Crippen molar-refractivity contribution in [3.63, 3.8) is 0 Å². The third-order valence-corrected chi connectivity index (χ3v) is 4.88. The minimum atomic E-state index is -0.831. The van der Waals surface area contributed by atoms with E-state index >= 15 is 0 Å². The molecule has 0 spiro atoms. The predicted octanol–water partition coefficient (Wildman–Crippen LogP) is 4.98.